The number of nitrogens with zero attached hydrogens (tertiary/aromatic N) is 4. The molecule has 1 saturated heterocycles. The van der Waals surface area contributed by atoms with E-state index in [2.05, 4.69) is 23.8 Å². The van der Waals surface area contributed by atoms with Gasteiger partial charge in [0.25, 0.3) is 0 Å². The molecular formula is C10H16N5O12P3. The molecule has 0 aromatic carbocycles. The van der Waals surface area contributed by atoms with Crippen molar-refractivity contribution in [3.05, 3.63) is 18.9 Å². The topological polar surface area (TPSA) is 256 Å². The van der Waals surface area contributed by atoms with Crippen molar-refractivity contribution in [2.24, 2.45) is 0 Å². The second-order valence-electron chi connectivity index (χ2n) is 5.94. The molecule has 0 amide bonds. The highest BCUT2D eigenvalue weighted by Gasteiger charge is 2.46. The molecule has 168 valence electrons. The first-order valence-electron chi connectivity index (χ1n) is 7.79. The van der Waals surface area contributed by atoms with Gasteiger partial charge in [0.1, 0.15) is 30.2 Å². The van der Waals surface area contributed by atoms with E-state index in [4.69, 9.17) is 14.5 Å². The molecule has 17 nitrogen and oxygen atoms in total. The number of aliphatic hydroxyl groups is 2. The van der Waals surface area contributed by atoms with E-state index in [0.29, 0.717) is 5.52 Å². The number of rotatable bonds is 8. The van der Waals surface area contributed by atoms with E-state index in [9.17, 15) is 33.7 Å². The second-order valence-corrected chi connectivity index (χ2v) is 10.7. The lowest BCUT2D eigenvalue weighted by Gasteiger charge is -2.20. The molecule has 0 bridgehead atoms. The van der Waals surface area contributed by atoms with Gasteiger partial charge in [0.15, 0.2) is 11.9 Å². The second kappa shape index (κ2) is 8.41. The average Bonchev–Trinajstić information content (AvgIpc) is 3.12. The van der Waals surface area contributed by atoms with Crippen LogP contribution >= 0.6 is 23.3 Å². The van der Waals surface area contributed by atoms with E-state index in [0.717, 1.165) is 4.86 Å². The summed E-state index contributed by atoms with van der Waals surface area (Å²) in [5, 5.41) is 20.4. The quantitative estimate of drug-likeness (QED) is 0.204. The van der Waals surface area contributed by atoms with Gasteiger partial charge in [0, 0.05) is 0 Å². The van der Waals surface area contributed by atoms with Gasteiger partial charge in [0.05, 0.1) is 19.1 Å². The lowest BCUT2D eigenvalue weighted by atomic mass is 10.1. The zero-order valence-corrected chi connectivity index (χ0v) is 17.2. The van der Waals surface area contributed by atoms with Crippen molar-refractivity contribution in [2.75, 3.05) is 6.61 Å². The van der Waals surface area contributed by atoms with Gasteiger partial charge in [-0.25, -0.2) is 28.6 Å². The summed E-state index contributed by atoms with van der Waals surface area (Å²) in [5.74, 6) is 0. The maximum Gasteiger partial charge on any atom is 0.477 e. The largest absolute Gasteiger partial charge is 0.477 e. The zero-order chi connectivity index (χ0) is 22.3. The van der Waals surface area contributed by atoms with Gasteiger partial charge in [-0.1, -0.05) is 0 Å². The van der Waals surface area contributed by atoms with E-state index >= 15 is 0 Å². The van der Waals surface area contributed by atoms with Crippen LogP contribution in [-0.4, -0.2) is 74.2 Å². The summed E-state index contributed by atoms with van der Waals surface area (Å²) in [5.41, 5.74) is 0.642. The molecule has 2 aromatic heterocycles. The first kappa shape index (κ1) is 23.5. The lowest BCUT2D eigenvalue weighted by Crippen LogP contribution is -2.34. The normalized spacial score (nSPS) is 29.0. The minimum absolute atomic E-state index is 0.271. The fourth-order valence-corrected chi connectivity index (χ4v) is 6.08. The number of imidazole rings is 1. The van der Waals surface area contributed by atoms with Gasteiger partial charge < -0.3 is 34.5 Å². The number of nitrogens with one attached hydrogen (secondary N) is 1. The molecule has 0 saturated carbocycles. The number of phosphoric acid groups is 1. The number of fused-ring (bicyclic) bond motifs is 1. The van der Waals surface area contributed by atoms with Crippen molar-refractivity contribution in [2.45, 2.75) is 24.5 Å². The van der Waals surface area contributed by atoms with Crippen LogP contribution in [0.3, 0.4) is 0 Å². The Morgan fingerprint density at radius 1 is 1.10 bits per heavy atom. The van der Waals surface area contributed by atoms with Crippen molar-refractivity contribution in [3.8, 4) is 0 Å². The summed E-state index contributed by atoms with van der Waals surface area (Å²) in [6.45, 7) is -0.868. The van der Waals surface area contributed by atoms with Crippen LogP contribution in [-0.2, 0) is 27.3 Å². The predicted octanol–water partition coefficient (Wildman–Crippen LogP) is -1.64. The van der Waals surface area contributed by atoms with E-state index in [1.54, 1.807) is 0 Å². The van der Waals surface area contributed by atoms with Gasteiger partial charge >= 0.3 is 23.3 Å². The average molecular weight is 491 g/mol. The summed E-state index contributed by atoms with van der Waals surface area (Å²) in [6.07, 6.45) is -1.84. The molecule has 7 N–H and O–H groups in total. The van der Waals surface area contributed by atoms with Crippen molar-refractivity contribution in [1.82, 2.24) is 24.4 Å². The van der Waals surface area contributed by atoms with Crippen LogP contribution in [0.5, 0.6) is 0 Å². The summed E-state index contributed by atoms with van der Waals surface area (Å²) < 4.78 is 48.7. The smallest absolute Gasteiger partial charge is 0.387 e. The maximum absolute atomic E-state index is 11.9. The Kier molecular flexibility index (Phi) is 6.59. The molecule has 2 aromatic rings. The predicted molar refractivity (Wildman–Crippen MR) is 93.1 cm³/mol. The molecule has 30 heavy (non-hydrogen) atoms. The van der Waals surface area contributed by atoms with Gasteiger partial charge in [-0.15, -0.1) is 4.86 Å². The Morgan fingerprint density at radius 2 is 1.80 bits per heavy atom. The zero-order valence-electron chi connectivity index (χ0n) is 14.5. The maximum atomic E-state index is 11.9. The summed E-state index contributed by atoms with van der Waals surface area (Å²) in [7, 11) is -16.1. The molecule has 3 heterocycles. The fourth-order valence-electron chi connectivity index (χ4n) is 2.59. The molecule has 3 rings (SSSR count). The molecule has 0 aliphatic carbocycles. The van der Waals surface area contributed by atoms with Gasteiger partial charge in [0.2, 0.25) is 0 Å². The number of aromatic nitrogens is 4. The van der Waals surface area contributed by atoms with Crippen molar-refractivity contribution in [3.63, 3.8) is 0 Å². The standard InChI is InChI=1S/C10H16N5O12P3/c16-7-6(2-25-28(18,19)14-29(20,21)27-30(22,23)24)26-10(8(7)17)15-4-13-5-1-11-3-12-9(5)15/h1,3-4,6-8,10,16-17H,2H2,(H2,22,23,24)(H3,14,18,19,20,21)/t6-,7-,8-,10-/m1/s1. The Labute approximate surface area is 166 Å². The molecule has 1 aliphatic rings. The van der Waals surface area contributed by atoms with Crippen LogP contribution < -0.4 is 4.86 Å². The van der Waals surface area contributed by atoms with Crippen LogP contribution in [0.1, 0.15) is 6.23 Å². The van der Waals surface area contributed by atoms with E-state index in [1.807, 2.05) is 0 Å². The van der Waals surface area contributed by atoms with Crippen LogP contribution in [0, 0.1) is 0 Å². The van der Waals surface area contributed by atoms with Gasteiger partial charge in [-0.2, -0.15) is 4.31 Å². The van der Waals surface area contributed by atoms with Crippen molar-refractivity contribution >= 4 is 34.5 Å². The van der Waals surface area contributed by atoms with Crippen LogP contribution in [0.15, 0.2) is 18.9 Å². The summed E-state index contributed by atoms with van der Waals surface area (Å²) in [6, 6.07) is 0. The first-order valence-corrected chi connectivity index (χ1v) is 12.5. The third-order valence-corrected chi connectivity index (χ3v) is 7.99. The molecule has 20 heteroatoms. The van der Waals surface area contributed by atoms with Crippen molar-refractivity contribution < 1.29 is 57.1 Å². The first-order chi connectivity index (χ1) is 13.8. The molecule has 1 fully saturated rings. The Bertz CT molecular complexity index is 1060. The number of hydrogen-bond donors (Lipinski definition) is 7. The molecular weight excluding hydrogens is 475 g/mol. The number of hydrogen-bond acceptors (Lipinski definition) is 11. The van der Waals surface area contributed by atoms with Crippen LogP contribution in [0.2, 0.25) is 0 Å². The highest BCUT2D eigenvalue weighted by Crippen LogP contribution is 2.60. The molecule has 0 spiro atoms. The third kappa shape index (κ3) is 5.55. The minimum atomic E-state index is -5.47. The van der Waals surface area contributed by atoms with Gasteiger partial charge in [-0.3, -0.25) is 9.09 Å². The fraction of sp³-hybridized carbons (Fsp3) is 0.500. The molecule has 0 radical (unpaired) electrons. The highest BCUT2D eigenvalue weighted by molar-refractivity contribution is 7.70. The van der Waals surface area contributed by atoms with E-state index in [-0.39, 0.29) is 5.65 Å². The number of ether oxygens (including phenoxy) is 1. The highest BCUT2D eigenvalue weighted by atomic mass is 31.3. The Hall–Kier alpha value is -1.16. The van der Waals surface area contributed by atoms with E-state index < -0.39 is 54.5 Å². The van der Waals surface area contributed by atoms with Crippen LogP contribution in [0.25, 0.3) is 11.2 Å². The monoisotopic (exact) mass is 491 g/mol. The Balaban J connectivity index is 1.67. The van der Waals surface area contributed by atoms with E-state index in [1.165, 1.54) is 23.4 Å². The number of aliphatic hydroxyl groups excluding tert-OH is 2. The minimum Gasteiger partial charge on any atom is -0.387 e. The molecule has 1 aliphatic heterocycles. The molecule has 2 unspecified atom stereocenters. The van der Waals surface area contributed by atoms with Crippen molar-refractivity contribution in [1.29, 1.82) is 0 Å². The lowest BCUT2D eigenvalue weighted by molar-refractivity contribution is -0.0486. The summed E-state index contributed by atoms with van der Waals surface area (Å²) in [4.78, 5) is 48.6. The van der Waals surface area contributed by atoms with Crippen LogP contribution in [0.4, 0.5) is 0 Å². The van der Waals surface area contributed by atoms with Gasteiger partial charge in [-0.05, 0) is 0 Å². The Morgan fingerprint density at radius 3 is 2.47 bits per heavy atom. The SMILES string of the molecule is O=P(O)(O)OP(=O)(O)NP(=O)(O)OC[C@H]1O[C@@H](n2cnc3cncnc32)[C@H](O)[C@@H]1O. The summed E-state index contributed by atoms with van der Waals surface area (Å²) >= 11 is 0. The third-order valence-electron chi connectivity index (χ3n) is 3.73. The molecule has 6 atom stereocenters.